The van der Waals surface area contributed by atoms with E-state index in [-0.39, 0.29) is 5.91 Å². The van der Waals surface area contributed by atoms with Crippen molar-refractivity contribution in [3.8, 4) is 11.4 Å². The molecule has 0 aliphatic heterocycles. The Labute approximate surface area is 165 Å². The Morgan fingerprint density at radius 1 is 1.19 bits per heavy atom. The molecule has 0 fully saturated rings. The second kappa shape index (κ2) is 7.04. The summed E-state index contributed by atoms with van der Waals surface area (Å²) in [5.74, 6) is 0.318. The average Bonchev–Trinajstić information content (AvgIpc) is 3.24. The average molecular weight is 423 g/mol. The number of fused-ring (bicyclic) bond motifs is 1. The number of hydrogen-bond acceptors (Lipinski definition) is 2. The van der Waals surface area contributed by atoms with Gasteiger partial charge in [-0.3, -0.25) is 9.89 Å². The van der Waals surface area contributed by atoms with Crippen LogP contribution in [0.15, 0.2) is 59.1 Å². The molecule has 0 bridgehead atoms. The Balaban J connectivity index is 1.67. The Kier molecular flexibility index (Phi) is 4.58. The highest BCUT2D eigenvalue weighted by Crippen LogP contribution is 2.33. The Morgan fingerprint density at radius 2 is 1.93 bits per heavy atom. The number of carbonyl (C=O) groups is 1. The van der Waals surface area contributed by atoms with E-state index in [9.17, 15) is 4.79 Å². The maximum absolute atomic E-state index is 12.4. The quantitative estimate of drug-likeness (QED) is 0.463. The van der Waals surface area contributed by atoms with Crippen molar-refractivity contribution < 1.29 is 4.79 Å². The van der Waals surface area contributed by atoms with Crippen molar-refractivity contribution in [3.63, 3.8) is 0 Å². The van der Waals surface area contributed by atoms with Gasteiger partial charge in [0.2, 0.25) is 0 Å². The fourth-order valence-corrected chi connectivity index (χ4v) is 3.71. The van der Waals surface area contributed by atoms with Crippen molar-refractivity contribution in [3.05, 3.63) is 70.2 Å². The van der Waals surface area contributed by atoms with E-state index in [0.29, 0.717) is 11.4 Å². The third-order valence-electron chi connectivity index (χ3n) is 4.72. The van der Waals surface area contributed by atoms with E-state index in [1.54, 1.807) is 12.1 Å². The topological polar surface area (TPSA) is 62.7 Å². The number of nitrogens with one attached hydrogen (secondary N) is 2. The zero-order chi connectivity index (χ0) is 19.0. The summed E-state index contributed by atoms with van der Waals surface area (Å²) in [5.41, 5.74) is 4.96. The number of nitrogens with zero attached hydrogens (tertiary/aromatic N) is 2. The van der Waals surface area contributed by atoms with Crippen molar-refractivity contribution in [2.45, 2.75) is 20.4 Å². The molecule has 27 heavy (non-hydrogen) atoms. The summed E-state index contributed by atoms with van der Waals surface area (Å²) in [6.45, 7) is 5.09. The van der Waals surface area contributed by atoms with Gasteiger partial charge in [0.15, 0.2) is 5.82 Å². The number of benzene rings is 2. The number of aromatic nitrogens is 3. The lowest BCUT2D eigenvalue weighted by molar-refractivity contribution is 0.102. The van der Waals surface area contributed by atoms with E-state index in [1.165, 1.54) is 16.5 Å². The number of rotatable bonds is 4. The molecular weight excluding hydrogens is 404 g/mol. The van der Waals surface area contributed by atoms with Crippen LogP contribution >= 0.6 is 15.9 Å². The molecule has 0 atom stereocenters. The highest BCUT2D eigenvalue weighted by molar-refractivity contribution is 9.10. The summed E-state index contributed by atoms with van der Waals surface area (Å²) in [7, 11) is 0. The number of halogens is 1. The molecular formula is C21H19BrN4O. The summed E-state index contributed by atoms with van der Waals surface area (Å²) >= 11 is 3.37. The van der Waals surface area contributed by atoms with Crippen LogP contribution in [0.1, 0.15) is 22.8 Å². The van der Waals surface area contributed by atoms with Crippen LogP contribution in [0, 0.1) is 6.92 Å². The molecule has 0 saturated heterocycles. The Hall–Kier alpha value is -2.86. The van der Waals surface area contributed by atoms with Crippen LogP contribution in [0.5, 0.6) is 0 Å². The highest BCUT2D eigenvalue weighted by Gasteiger charge is 2.17. The normalized spacial score (nSPS) is 11.1. The van der Waals surface area contributed by atoms with Crippen molar-refractivity contribution in [2.75, 3.05) is 5.32 Å². The van der Waals surface area contributed by atoms with E-state index in [0.717, 1.165) is 22.4 Å². The van der Waals surface area contributed by atoms with Crippen LogP contribution in [0.25, 0.3) is 22.3 Å². The lowest BCUT2D eigenvalue weighted by atomic mass is 10.1. The minimum Gasteiger partial charge on any atom is -0.339 e. The van der Waals surface area contributed by atoms with Gasteiger partial charge in [0.05, 0.1) is 11.4 Å². The van der Waals surface area contributed by atoms with Gasteiger partial charge in [0.25, 0.3) is 5.91 Å². The number of anilines is 1. The third-order valence-corrected chi connectivity index (χ3v) is 5.25. The highest BCUT2D eigenvalue weighted by atomic mass is 79.9. The van der Waals surface area contributed by atoms with Gasteiger partial charge >= 0.3 is 0 Å². The van der Waals surface area contributed by atoms with Crippen molar-refractivity contribution in [2.24, 2.45) is 0 Å². The van der Waals surface area contributed by atoms with E-state index in [1.807, 2.05) is 18.2 Å². The lowest BCUT2D eigenvalue weighted by Crippen LogP contribution is -2.11. The van der Waals surface area contributed by atoms with Crippen LogP contribution < -0.4 is 5.32 Å². The summed E-state index contributed by atoms with van der Waals surface area (Å²) in [6.07, 6.45) is 0. The molecule has 0 spiro atoms. The first-order valence-electron chi connectivity index (χ1n) is 8.79. The minimum absolute atomic E-state index is 0.187. The first-order valence-corrected chi connectivity index (χ1v) is 9.58. The molecule has 2 aromatic heterocycles. The van der Waals surface area contributed by atoms with Gasteiger partial charge in [-0.15, -0.1) is 0 Å². The molecule has 2 aromatic carbocycles. The molecule has 0 saturated carbocycles. The number of aromatic amines is 1. The molecule has 2 heterocycles. The summed E-state index contributed by atoms with van der Waals surface area (Å²) in [4.78, 5) is 12.4. The molecule has 5 nitrogen and oxygen atoms in total. The smallest absolute Gasteiger partial charge is 0.256 e. The second-order valence-corrected chi connectivity index (χ2v) is 7.28. The zero-order valence-electron chi connectivity index (χ0n) is 15.1. The molecule has 0 unspecified atom stereocenters. The van der Waals surface area contributed by atoms with Gasteiger partial charge in [0.1, 0.15) is 0 Å². The summed E-state index contributed by atoms with van der Waals surface area (Å²) < 4.78 is 3.20. The molecule has 4 aromatic rings. The van der Waals surface area contributed by atoms with Gasteiger partial charge in [0, 0.05) is 33.6 Å². The summed E-state index contributed by atoms with van der Waals surface area (Å²) in [6, 6.07) is 17.5. The maximum Gasteiger partial charge on any atom is 0.256 e. The van der Waals surface area contributed by atoms with E-state index in [4.69, 9.17) is 0 Å². The largest absolute Gasteiger partial charge is 0.339 e. The van der Waals surface area contributed by atoms with Crippen LogP contribution in [-0.2, 0) is 6.54 Å². The lowest BCUT2D eigenvalue weighted by Gasteiger charge is -2.06. The molecule has 136 valence electrons. The van der Waals surface area contributed by atoms with E-state index < -0.39 is 0 Å². The standard InChI is InChI=1S/C21H19BrN4O/c1-3-26-18-7-5-4-6-16(18)13(2)20(26)17-12-19(25-24-17)23-21(27)14-8-10-15(22)11-9-14/h4-12H,3H2,1-2H3,(H2,23,24,25,27). The fraction of sp³-hybridized carbons (Fsp3) is 0.143. The van der Waals surface area contributed by atoms with Gasteiger partial charge in [-0.2, -0.15) is 5.10 Å². The van der Waals surface area contributed by atoms with Crippen LogP contribution in [-0.4, -0.2) is 20.7 Å². The van der Waals surface area contributed by atoms with Crippen molar-refractivity contribution in [1.29, 1.82) is 0 Å². The predicted molar refractivity (Wildman–Crippen MR) is 112 cm³/mol. The molecule has 1 amide bonds. The van der Waals surface area contributed by atoms with Gasteiger partial charge < -0.3 is 9.88 Å². The molecule has 4 rings (SSSR count). The monoisotopic (exact) mass is 422 g/mol. The van der Waals surface area contributed by atoms with Crippen molar-refractivity contribution >= 4 is 38.6 Å². The maximum atomic E-state index is 12.4. The number of hydrogen-bond donors (Lipinski definition) is 2. The zero-order valence-corrected chi connectivity index (χ0v) is 16.7. The van der Waals surface area contributed by atoms with Crippen LogP contribution in [0.3, 0.4) is 0 Å². The van der Waals surface area contributed by atoms with Crippen LogP contribution in [0.2, 0.25) is 0 Å². The van der Waals surface area contributed by atoms with Crippen molar-refractivity contribution in [1.82, 2.24) is 14.8 Å². The SMILES string of the molecule is CCn1c(-c2cc(NC(=O)c3ccc(Br)cc3)n[nH]2)c(C)c2ccccc21. The van der Waals surface area contributed by atoms with Gasteiger partial charge in [-0.05, 0) is 49.7 Å². The number of amides is 1. The van der Waals surface area contributed by atoms with E-state index in [2.05, 4.69) is 74.1 Å². The third kappa shape index (κ3) is 3.17. The Bertz CT molecular complexity index is 1130. The molecule has 6 heteroatoms. The number of para-hydroxylation sites is 1. The van der Waals surface area contributed by atoms with Gasteiger partial charge in [-0.1, -0.05) is 34.1 Å². The van der Waals surface area contributed by atoms with Crippen LogP contribution in [0.4, 0.5) is 5.82 Å². The summed E-state index contributed by atoms with van der Waals surface area (Å²) in [5, 5.41) is 11.4. The molecule has 2 N–H and O–H groups in total. The fourth-order valence-electron chi connectivity index (χ4n) is 3.45. The molecule has 0 radical (unpaired) electrons. The number of aryl methyl sites for hydroxylation is 2. The minimum atomic E-state index is -0.187. The van der Waals surface area contributed by atoms with Gasteiger partial charge in [-0.25, -0.2) is 0 Å². The predicted octanol–water partition coefficient (Wildman–Crippen LogP) is 5.37. The first kappa shape index (κ1) is 17.5. The Morgan fingerprint density at radius 3 is 2.67 bits per heavy atom. The second-order valence-electron chi connectivity index (χ2n) is 6.36. The first-order chi connectivity index (χ1) is 13.1. The molecule has 0 aliphatic carbocycles. The van der Waals surface area contributed by atoms with E-state index >= 15 is 0 Å². The molecule has 0 aliphatic rings. The number of H-pyrrole nitrogens is 1. The number of carbonyl (C=O) groups excluding carboxylic acids is 1.